The Bertz CT molecular complexity index is 1080. The molecule has 0 radical (unpaired) electrons. The molecular weight excluding hydrogens is 430 g/mol. The second-order valence-electron chi connectivity index (χ2n) is 7.34. The van der Waals surface area contributed by atoms with E-state index in [0.717, 1.165) is 5.01 Å². The van der Waals surface area contributed by atoms with Gasteiger partial charge in [0.2, 0.25) is 5.91 Å². The fourth-order valence-electron chi connectivity index (χ4n) is 3.23. The Morgan fingerprint density at radius 2 is 1.76 bits per heavy atom. The van der Waals surface area contributed by atoms with Crippen LogP contribution in [0.1, 0.15) is 34.1 Å². The lowest BCUT2D eigenvalue weighted by Crippen LogP contribution is -2.43. The highest BCUT2D eigenvalue weighted by Crippen LogP contribution is 2.20. The van der Waals surface area contributed by atoms with Crippen LogP contribution >= 0.6 is 0 Å². The fraction of sp³-hybridized carbons (Fsp3) is 0.261. The first-order valence-electron chi connectivity index (χ1n) is 10.1. The Morgan fingerprint density at radius 3 is 2.42 bits per heavy atom. The van der Waals surface area contributed by atoms with Gasteiger partial charge in [-0.25, -0.2) is 0 Å². The number of Topliss-reactive ketones (excluding diaryl/α,β-unsaturated/α-hetero) is 1. The minimum atomic E-state index is -0.821. The first-order valence-corrected chi connectivity index (χ1v) is 10.1. The van der Waals surface area contributed by atoms with Gasteiger partial charge in [-0.05, 0) is 43.3 Å². The smallest absolute Gasteiger partial charge is 0.311 e. The normalized spacial score (nSPS) is 15.0. The monoisotopic (exact) mass is 453 g/mol. The molecule has 0 spiro atoms. The Kier molecular flexibility index (Phi) is 7.39. The van der Waals surface area contributed by atoms with E-state index >= 15 is 0 Å². The van der Waals surface area contributed by atoms with Crippen molar-refractivity contribution in [2.75, 3.05) is 25.6 Å². The summed E-state index contributed by atoms with van der Waals surface area (Å²) in [6.07, 6.45) is -0.154. The van der Waals surface area contributed by atoms with Gasteiger partial charge in [-0.2, -0.15) is 0 Å². The summed E-state index contributed by atoms with van der Waals surface area (Å²) < 4.78 is 10.2. The third-order valence-corrected chi connectivity index (χ3v) is 4.97. The van der Waals surface area contributed by atoms with Crippen molar-refractivity contribution in [2.24, 2.45) is 5.92 Å². The first-order chi connectivity index (χ1) is 15.8. The summed E-state index contributed by atoms with van der Waals surface area (Å²) in [7, 11) is 1.43. The molecule has 2 N–H and O–H groups in total. The molecule has 1 saturated heterocycles. The number of nitrogens with zero attached hydrogens (tertiary/aromatic N) is 1. The standard InChI is InChI=1S/C23H23N3O7/c1-14(27)15-7-9-17(10-8-15)24-20(28)13-33-23(31)16-11-21(29)26(12-16)25-22(30)18-5-3-4-6-19(18)32-2/h3-10,16H,11-13H2,1-2H3,(H,24,28)(H,25,30)/t16-/m1/s1. The molecule has 3 amide bonds. The zero-order valence-corrected chi connectivity index (χ0v) is 18.1. The molecule has 0 aromatic heterocycles. The van der Waals surface area contributed by atoms with Crippen molar-refractivity contribution in [1.82, 2.24) is 10.4 Å². The molecule has 10 nitrogen and oxygen atoms in total. The van der Waals surface area contributed by atoms with Crippen molar-refractivity contribution in [3.05, 3.63) is 59.7 Å². The van der Waals surface area contributed by atoms with Gasteiger partial charge in [-0.3, -0.25) is 34.4 Å². The van der Waals surface area contributed by atoms with E-state index in [0.29, 0.717) is 17.0 Å². The number of rotatable bonds is 8. The van der Waals surface area contributed by atoms with Crippen LogP contribution < -0.4 is 15.5 Å². The van der Waals surface area contributed by atoms with E-state index in [9.17, 15) is 24.0 Å². The molecule has 1 atom stereocenters. The number of carbonyl (C=O) groups is 5. The highest BCUT2D eigenvalue weighted by molar-refractivity contribution is 5.99. The van der Waals surface area contributed by atoms with E-state index in [-0.39, 0.29) is 24.3 Å². The van der Waals surface area contributed by atoms with Crippen LogP contribution in [0.4, 0.5) is 5.69 Å². The lowest BCUT2D eigenvalue weighted by Gasteiger charge is -2.18. The second kappa shape index (κ2) is 10.4. The maximum atomic E-state index is 12.5. The third kappa shape index (κ3) is 5.94. The summed E-state index contributed by atoms with van der Waals surface area (Å²) in [5.74, 6) is -2.86. The average molecular weight is 453 g/mol. The Balaban J connectivity index is 1.49. The quantitative estimate of drug-likeness (QED) is 0.458. The van der Waals surface area contributed by atoms with Crippen LogP contribution in [0.5, 0.6) is 5.75 Å². The van der Waals surface area contributed by atoms with Gasteiger partial charge in [0.25, 0.3) is 11.8 Å². The van der Waals surface area contributed by atoms with E-state index in [1.54, 1.807) is 48.5 Å². The summed E-state index contributed by atoms with van der Waals surface area (Å²) >= 11 is 0. The lowest BCUT2D eigenvalue weighted by molar-refractivity contribution is -0.151. The number of methoxy groups -OCH3 is 1. The molecule has 1 fully saturated rings. The molecule has 2 aromatic carbocycles. The van der Waals surface area contributed by atoms with Crippen molar-refractivity contribution >= 4 is 35.2 Å². The second-order valence-corrected chi connectivity index (χ2v) is 7.34. The average Bonchev–Trinajstić information content (AvgIpc) is 3.17. The first kappa shape index (κ1) is 23.5. The van der Waals surface area contributed by atoms with Crippen LogP contribution in [0.3, 0.4) is 0 Å². The van der Waals surface area contributed by atoms with Gasteiger partial charge in [0, 0.05) is 17.7 Å². The van der Waals surface area contributed by atoms with Gasteiger partial charge in [0.15, 0.2) is 12.4 Å². The summed E-state index contributed by atoms with van der Waals surface area (Å²) in [5, 5.41) is 3.61. The molecule has 10 heteroatoms. The predicted octanol–water partition coefficient (Wildman–Crippen LogP) is 1.57. The number of nitrogens with one attached hydrogen (secondary N) is 2. The van der Waals surface area contributed by atoms with Gasteiger partial charge in [0.05, 0.1) is 25.1 Å². The van der Waals surface area contributed by atoms with Crippen molar-refractivity contribution in [3.8, 4) is 5.75 Å². The number of benzene rings is 2. The third-order valence-electron chi connectivity index (χ3n) is 4.97. The molecule has 0 bridgehead atoms. The molecule has 0 unspecified atom stereocenters. The minimum Gasteiger partial charge on any atom is -0.496 e. The van der Waals surface area contributed by atoms with Crippen molar-refractivity contribution in [2.45, 2.75) is 13.3 Å². The summed E-state index contributed by atoms with van der Waals surface area (Å²) in [4.78, 5) is 60.4. The highest BCUT2D eigenvalue weighted by atomic mass is 16.5. The molecule has 1 aliphatic heterocycles. The molecule has 172 valence electrons. The van der Waals surface area contributed by atoms with Crippen molar-refractivity contribution in [1.29, 1.82) is 0 Å². The summed E-state index contributed by atoms with van der Waals surface area (Å²) in [6.45, 7) is 0.824. The number of ketones is 1. The summed E-state index contributed by atoms with van der Waals surface area (Å²) in [6, 6.07) is 12.8. The van der Waals surface area contributed by atoms with Gasteiger partial charge in [-0.1, -0.05) is 12.1 Å². The van der Waals surface area contributed by atoms with Crippen LogP contribution in [0.15, 0.2) is 48.5 Å². The molecule has 1 heterocycles. The van der Waals surface area contributed by atoms with Crippen LogP contribution in [-0.4, -0.2) is 54.7 Å². The number of carbonyl (C=O) groups excluding carboxylic acids is 5. The number of anilines is 1. The van der Waals surface area contributed by atoms with Crippen LogP contribution in [0, 0.1) is 5.92 Å². The number of hydrogen-bond donors (Lipinski definition) is 2. The Hall–Kier alpha value is -4.21. The number of hydrazine groups is 1. The number of hydrogen-bond acceptors (Lipinski definition) is 7. The van der Waals surface area contributed by atoms with Crippen LogP contribution in [0.2, 0.25) is 0 Å². The fourth-order valence-corrected chi connectivity index (χ4v) is 3.23. The van der Waals surface area contributed by atoms with Crippen molar-refractivity contribution < 1.29 is 33.4 Å². The molecule has 3 rings (SSSR count). The number of para-hydroxylation sites is 1. The van der Waals surface area contributed by atoms with Gasteiger partial charge < -0.3 is 14.8 Å². The van der Waals surface area contributed by atoms with E-state index < -0.39 is 36.2 Å². The van der Waals surface area contributed by atoms with E-state index in [2.05, 4.69) is 10.7 Å². The SMILES string of the molecule is COc1ccccc1C(=O)NN1C[C@H](C(=O)OCC(=O)Nc2ccc(C(C)=O)cc2)CC1=O. The largest absolute Gasteiger partial charge is 0.496 e. The number of amides is 3. The number of ether oxygens (including phenoxy) is 2. The molecular formula is C23H23N3O7. The molecule has 0 saturated carbocycles. The number of esters is 1. The molecule has 2 aromatic rings. The van der Waals surface area contributed by atoms with Crippen LogP contribution in [0.25, 0.3) is 0 Å². The summed E-state index contributed by atoms with van der Waals surface area (Å²) in [5.41, 5.74) is 3.66. The topological polar surface area (TPSA) is 131 Å². The molecule has 33 heavy (non-hydrogen) atoms. The molecule has 0 aliphatic carbocycles. The maximum absolute atomic E-state index is 12.5. The van der Waals surface area contributed by atoms with E-state index in [1.165, 1.54) is 14.0 Å². The van der Waals surface area contributed by atoms with E-state index in [4.69, 9.17) is 9.47 Å². The highest BCUT2D eigenvalue weighted by Gasteiger charge is 2.37. The van der Waals surface area contributed by atoms with Crippen molar-refractivity contribution in [3.63, 3.8) is 0 Å². The zero-order chi connectivity index (χ0) is 24.0. The Morgan fingerprint density at radius 1 is 1.06 bits per heavy atom. The van der Waals surface area contributed by atoms with Crippen LogP contribution in [-0.2, 0) is 19.1 Å². The van der Waals surface area contributed by atoms with E-state index in [1.807, 2.05) is 0 Å². The van der Waals surface area contributed by atoms with Gasteiger partial charge in [-0.15, -0.1) is 0 Å². The van der Waals surface area contributed by atoms with Gasteiger partial charge >= 0.3 is 5.97 Å². The lowest BCUT2D eigenvalue weighted by atomic mass is 10.1. The minimum absolute atomic E-state index is 0.0767. The predicted molar refractivity (Wildman–Crippen MR) is 116 cm³/mol. The zero-order valence-electron chi connectivity index (χ0n) is 18.1. The maximum Gasteiger partial charge on any atom is 0.311 e. The van der Waals surface area contributed by atoms with Gasteiger partial charge in [0.1, 0.15) is 5.75 Å². The molecule has 1 aliphatic rings. The Labute approximate surface area is 189 Å².